The zero-order valence-electron chi connectivity index (χ0n) is 13.0. The molecule has 4 nitrogen and oxygen atoms in total. The van der Waals surface area contributed by atoms with E-state index in [4.69, 9.17) is 0 Å². The summed E-state index contributed by atoms with van der Waals surface area (Å²) in [7, 11) is 0. The minimum atomic E-state index is -0.0470. The number of aromatic nitrogens is 2. The highest BCUT2D eigenvalue weighted by Crippen LogP contribution is 2.26. The second kappa shape index (κ2) is 8.96. The van der Waals surface area contributed by atoms with Gasteiger partial charge in [-0.05, 0) is 29.9 Å². The van der Waals surface area contributed by atoms with Crippen LogP contribution in [0.25, 0.3) is 0 Å². The van der Waals surface area contributed by atoms with Crippen LogP contribution in [0.15, 0.2) is 52.2 Å². The number of carbonyl (C=O) groups is 1. The van der Waals surface area contributed by atoms with E-state index >= 15 is 0 Å². The normalized spacial score (nSPS) is 10.7. The highest BCUT2D eigenvalue weighted by molar-refractivity contribution is 8.01. The Morgan fingerprint density at radius 1 is 1.12 bits per heavy atom. The van der Waals surface area contributed by atoms with Gasteiger partial charge >= 0.3 is 0 Å². The summed E-state index contributed by atoms with van der Waals surface area (Å²) < 4.78 is 0.898. The van der Waals surface area contributed by atoms with Crippen molar-refractivity contribution in [2.45, 2.75) is 23.6 Å². The first kappa shape index (κ1) is 17.1. The van der Waals surface area contributed by atoms with Crippen LogP contribution in [0.3, 0.4) is 0 Å². The first-order chi connectivity index (χ1) is 11.8. The maximum atomic E-state index is 11.9. The molecule has 0 saturated heterocycles. The summed E-state index contributed by atoms with van der Waals surface area (Å²) in [5.74, 6) is 0.946. The topological polar surface area (TPSA) is 54.9 Å². The van der Waals surface area contributed by atoms with Crippen molar-refractivity contribution in [1.29, 1.82) is 0 Å². The fraction of sp³-hybridized carbons (Fsp3) is 0.235. The van der Waals surface area contributed by atoms with Gasteiger partial charge in [-0.25, -0.2) is 0 Å². The van der Waals surface area contributed by atoms with Crippen LogP contribution < -0.4 is 5.32 Å². The average molecular weight is 376 g/mol. The number of anilines is 1. The highest BCUT2D eigenvalue weighted by atomic mass is 32.2. The quantitative estimate of drug-likeness (QED) is 0.358. The molecule has 2 aromatic heterocycles. The molecule has 0 aliphatic heterocycles. The molecule has 0 fully saturated rings. The summed E-state index contributed by atoms with van der Waals surface area (Å²) in [5.41, 5.74) is 1.36. The summed E-state index contributed by atoms with van der Waals surface area (Å²) in [4.78, 5) is 13.0. The van der Waals surface area contributed by atoms with E-state index in [0.29, 0.717) is 11.6 Å². The minimum absolute atomic E-state index is 0.0470. The van der Waals surface area contributed by atoms with Crippen molar-refractivity contribution in [3.63, 3.8) is 0 Å². The number of hydrogen-bond acceptors (Lipinski definition) is 6. The number of nitrogens with one attached hydrogen (secondary N) is 1. The number of rotatable bonds is 8. The molecule has 0 unspecified atom stereocenters. The number of aryl methyl sites for hydroxylation is 1. The van der Waals surface area contributed by atoms with Crippen LogP contribution in [-0.4, -0.2) is 21.9 Å². The van der Waals surface area contributed by atoms with Crippen LogP contribution >= 0.6 is 34.4 Å². The fourth-order valence-corrected chi connectivity index (χ4v) is 4.62. The molecule has 0 aliphatic carbocycles. The third kappa shape index (κ3) is 5.43. The molecule has 3 aromatic rings. The third-order valence-electron chi connectivity index (χ3n) is 3.25. The van der Waals surface area contributed by atoms with E-state index in [1.165, 1.54) is 16.9 Å². The molecule has 0 spiro atoms. The smallest absolute Gasteiger partial charge is 0.231 e. The van der Waals surface area contributed by atoms with Crippen LogP contribution in [-0.2, 0) is 17.6 Å². The second-order valence-corrected chi connectivity index (χ2v) is 8.47. The van der Waals surface area contributed by atoms with Gasteiger partial charge in [0.25, 0.3) is 0 Å². The van der Waals surface area contributed by atoms with E-state index in [9.17, 15) is 4.79 Å². The van der Waals surface area contributed by atoms with Crippen LogP contribution in [0.4, 0.5) is 5.13 Å². The van der Waals surface area contributed by atoms with Crippen LogP contribution in [0.1, 0.15) is 16.9 Å². The molecule has 1 N–H and O–H groups in total. The zero-order valence-corrected chi connectivity index (χ0v) is 15.4. The summed E-state index contributed by atoms with van der Waals surface area (Å²) >= 11 is 4.70. The molecule has 0 saturated carbocycles. The van der Waals surface area contributed by atoms with Gasteiger partial charge in [0.15, 0.2) is 4.34 Å². The minimum Gasteiger partial charge on any atom is -0.300 e. The molecule has 0 atom stereocenters. The van der Waals surface area contributed by atoms with Crippen molar-refractivity contribution in [2.75, 3.05) is 11.1 Å². The van der Waals surface area contributed by atoms with E-state index in [1.807, 2.05) is 23.6 Å². The number of amides is 1. The summed E-state index contributed by atoms with van der Waals surface area (Å²) in [5, 5.41) is 13.5. The maximum Gasteiger partial charge on any atom is 0.231 e. The lowest BCUT2D eigenvalue weighted by molar-refractivity contribution is -0.115. The molecule has 1 amide bonds. The summed E-state index contributed by atoms with van der Waals surface area (Å²) in [6.45, 7) is 0. The van der Waals surface area contributed by atoms with Gasteiger partial charge in [0.2, 0.25) is 11.0 Å². The van der Waals surface area contributed by atoms with Crippen molar-refractivity contribution >= 4 is 45.5 Å². The number of carbonyl (C=O) groups excluding carboxylic acids is 1. The van der Waals surface area contributed by atoms with Crippen LogP contribution in [0.2, 0.25) is 0 Å². The molecule has 0 radical (unpaired) electrons. The van der Waals surface area contributed by atoms with Crippen molar-refractivity contribution < 1.29 is 4.79 Å². The van der Waals surface area contributed by atoms with Gasteiger partial charge in [-0.15, -0.1) is 21.5 Å². The molecular formula is C17H17N3OS3. The van der Waals surface area contributed by atoms with Gasteiger partial charge in [-0.1, -0.05) is 59.5 Å². The Morgan fingerprint density at radius 3 is 2.79 bits per heavy atom. The number of benzene rings is 1. The van der Waals surface area contributed by atoms with Crippen molar-refractivity contribution in [2.24, 2.45) is 0 Å². The Hall–Kier alpha value is -1.70. The van der Waals surface area contributed by atoms with Crippen LogP contribution in [0, 0.1) is 0 Å². The van der Waals surface area contributed by atoms with Gasteiger partial charge in [-0.2, -0.15) is 0 Å². The van der Waals surface area contributed by atoms with Gasteiger partial charge < -0.3 is 5.32 Å². The number of hydrogen-bond donors (Lipinski definition) is 1. The Balaban J connectivity index is 1.39. The Kier molecular flexibility index (Phi) is 6.40. The standard InChI is InChI=1S/C17H17N3OS3/c21-15(12-14-9-5-10-22-14)18-16-19-20-17(24-16)23-11-4-8-13-6-2-1-3-7-13/h1-3,5-7,9-10H,4,8,11-12H2,(H,18,19,21). The SMILES string of the molecule is O=C(Cc1cccs1)Nc1nnc(SCCCc2ccccc2)s1. The van der Waals surface area contributed by atoms with E-state index in [2.05, 4.69) is 39.8 Å². The van der Waals surface area contributed by atoms with E-state index in [1.54, 1.807) is 23.1 Å². The number of thiophene rings is 1. The lowest BCUT2D eigenvalue weighted by Crippen LogP contribution is -2.13. The monoisotopic (exact) mass is 375 g/mol. The molecule has 124 valence electrons. The van der Waals surface area contributed by atoms with E-state index < -0.39 is 0 Å². The van der Waals surface area contributed by atoms with Crippen molar-refractivity contribution in [1.82, 2.24) is 10.2 Å². The predicted octanol–water partition coefficient (Wildman–Crippen LogP) is 4.51. The largest absolute Gasteiger partial charge is 0.300 e. The second-order valence-electron chi connectivity index (χ2n) is 5.12. The summed E-state index contributed by atoms with van der Waals surface area (Å²) in [6.07, 6.45) is 2.54. The third-order valence-corrected chi connectivity index (χ3v) is 6.18. The Morgan fingerprint density at radius 2 is 2.00 bits per heavy atom. The van der Waals surface area contributed by atoms with Crippen LogP contribution in [0.5, 0.6) is 0 Å². The van der Waals surface area contributed by atoms with Gasteiger partial charge in [0.05, 0.1) is 6.42 Å². The van der Waals surface area contributed by atoms with E-state index in [-0.39, 0.29) is 5.91 Å². The summed E-state index contributed by atoms with van der Waals surface area (Å²) in [6, 6.07) is 14.4. The Labute approximate surface area is 153 Å². The van der Waals surface area contributed by atoms with Gasteiger partial charge in [-0.3, -0.25) is 4.79 Å². The molecule has 0 aliphatic rings. The predicted molar refractivity (Wildman–Crippen MR) is 102 cm³/mol. The van der Waals surface area contributed by atoms with Gasteiger partial charge in [0.1, 0.15) is 0 Å². The van der Waals surface area contributed by atoms with Gasteiger partial charge in [0, 0.05) is 10.6 Å². The average Bonchev–Trinajstić information content (AvgIpc) is 3.25. The van der Waals surface area contributed by atoms with E-state index in [0.717, 1.165) is 27.8 Å². The highest BCUT2D eigenvalue weighted by Gasteiger charge is 2.09. The molecule has 24 heavy (non-hydrogen) atoms. The lowest BCUT2D eigenvalue weighted by Gasteiger charge is -1.99. The molecule has 3 rings (SSSR count). The zero-order chi connectivity index (χ0) is 16.6. The maximum absolute atomic E-state index is 11.9. The first-order valence-electron chi connectivity index (χ1n) is 7.62. The number of nitrogens with zero attached hydrogens (tertiary/aromatic N) is 2. The molecular weight excluding hydrogens is 358 g/mol. The lowest BCUT2D eigenvalue weighted by atomic mass is 10.1. The van der Waals surface area contributed by atoms with Crippen molar-refractivity contribution in [3.8, 4) is 0 Å². The van der Waals surface area contributed by atoms with Crippen molar-refractivity contribution in [3.05, 3.63) is 58.3 Å². The number of thioether (sulfide) groups is 1. The molecule has 0 bridgehead atoms. The fourth-order valence-electron chi connectivity index (χ4n) is 2.13. The Bertz CT molecular complexity index is 757. The molecule has 2 heterocycles. The molecule has 7 heteroatoms. The molecule has 1 aromatic carbocycles. The first-order valence-corrected chi connectivity index (χ1v) is 10.3.